The molecule has 1 aromatic heterocycles. The van der Waals surface area contributed by atoms with Crippen LogP contribution in [-0.4, -0.2) is 21.9 Å². The standard InChI is InChI=1S/C18H18N4O2/c1-10-16(12-4-2-3-5-13(12)20-10)17(23)19-9-11-6-7-14-15(8-11)22-18(24)21-14/h2-8,10,16,20H,9H2,1H3,(H,19,23)(H2,21,22,24). The summed E-state index contributed by atoms with van der Waals surface area (Å²) in [7, 11) is 0. The van der Waals surface area contributed by atoms with Crippen molar-refractivity contribution in [1.29, 1.82) is 0 Å². The first-order valence-electron chi connectivity index (χ1n) is 7.96. The molecule has 24 heavy (non-hydrogen) atoms. The number of aromatic nitrogens is 2. The number of nitrogens with one attached hydrogen (secondary N) is 4. The highest BCUT2D eigenvalue weighted by molar-refractivity contribution is 5.89. The average Bonchev–Trinajstić information content (AvgIpc) is 3.09. The van der Waals surface area contributed by atoms with E-state index in [4.69, 9.17) is 0 Å². The van der Waals surface area contributed by atoms with Crippen molar-refractivity contribution in [2.45, 2.75) is 25.4 Å². The van der Waals surface area contributed by atoms with Gasteiger partial charge in [0.25, 0.3) is 0 Å². The lowest BCUT2D eigenvalue weighted by Gasteiger charge is -2.16. The maximum Gasteiger partial charge on any atom is 0.323 e. The number of hydrogen-bond acceptors (Lipinski definition) is 3. The Morgan fingerprint density at radius 1 is 1.12 bits per heavy atom. The molecule has 6 nitrogen and oxygen atoms in total. The quantitative estimate of drug-likeness (QED) is 0.595. The van der Waals surface area contributed by atoms with E-state index >= 15 is 0 Å². The number of fused-ring (bicyclic) bond motifs is 2. The summed E-state index contributed by atoms with van der Waals surface area (Å²) in [6.45, 7) is 2.44. The van der Waals surface area contributed by atoms with Gasteiger partial charge < -0.3 is 20.6 Å². The molecule has 2 atom stereocenters. The third-order valence-corrected chi connectivity index (χ3v) is 4.51. The lowest BCUT2D eigenvalue weighted by molar-refractivity contribution is -0.122. The van der Waals surface area contributed by atoms with E-state index < -0.39 is 0 Å². The Kier molecular flexibility index (Phi) is 3.37. The van der Waals surface area contributed by atoms with E-state index in [-0.39, 0.29) is 23.6 Å². The second kappa shape index (κ2) is 5.56. The first-order chi connectivity index (χ1) is 11.6. The first kappa shape index (κ1) is 14.6. The van der Waals surface area contributed by atoms with E-state index in [1.54, 1.807) is 0 Å². The molecule has 2 heterocycles. The molecule has 1 aliphatic rings. The molecular weight excluding hydrogens is 304 g/mol. The third kappa shape index (κ3) is 2.46. The second-order valence-corrected chi connectivity index (χ2v) is 6.17. The minimum atomic E-state index is -0.228. The molecule has 0 saturated heterocycles. The summed E-state index contributed by atoms with van der Waals surface area (Å²) >= 11 is 0. The molecule has 0 saturated carbocycles. The summed E-state index contributed by atoms with van der Waals surface area (Å²) in [5, 5.41) is 6.35. The Labute approximate surface area is 138 Å². The number of hydrogen-bond donors (Lipinski definition) is 4. The van der Waals surface area contributed by atoms with Crippen LogP contribution in [0.3, 0.4) is 0 Å². The Morgan fingerprint density at radius 3 is 2.79 bits per heavy atom. The van der Waals surface area contributed by atoms with Crippen LogP contribution in [0.15, 0.2) is 47.3 Å². The predicted molar refractivity (Wildman–Crippen MR) is 93.0 cm³/mol. The van der Waals surface area contributed by atoms with E-state index in [0.717, 1.165) is 27.8 Å². The fourth-order valence-electron chi connectivity index (χ4n) is 3.35. The SMILES string of the molecule is CC1Nc2ccccc2C1C(=O)NCc1ccc2[nH]c(=O)[nH]c2c1. The number of amides is 1. The van der Waals surface area contributed by atoms with Crippen LogP contribution in [0.25, 0.3) is 11.0 Å². The van der Waals surface area contributed by atoms with Crippen molar-refractivity contribution in [3.05, 3.63) is 64.1 Å². The zero-order valence-corrected chi connectivity index (χ0v) is 13.2. The van der Waals surface area contributed by atoms with Crippen LogP contribution in [0.5, 0.6) is 0 Å². The maximum atomic E-state index is 12.6. The van der Waals surface area contributed by atoms with Crippen LogP contribution < -0.4 is 16.3 Å². The summed E-state index contributed by atoms with van der Waals surface area (Å²) in [6.07, 6.45) is 0. The minimum absolute atomic E-state index is 0.00242. The van der Waals surface area contributed by atoms with Gasteiger partial charge in [0, 0.05) is 18.3 Å². The fourth-order valence-corrected chi connectivity index (χ4v) is 3.35. The van der Waals surface area contributed by atoms with Gasteiger partial charge in [-0.15, -0.1) is 0 Å². The van der Waals surface area contributed by atoms with Gasteiger partial charge in [0.15, 0.2) is 0 Å². The molecule has 0 radical (unpaired) electrons. The number of H-pyrrole nitrogens is 2. The van der Waals surface area contributed by atoms with Crippen LogP contribution in [0.2, 0.25) is 0 Å². The van der Waals surface area contributed by atoms with E-state index in [0.29, 0.717) is 6.54 Å². The molecule has 3 aromatic rings. The maximum absolute atomic E-state index is 12.6. The number of rotatable bonds is 3. The molecule has 0 fully saturated rings. The Morgan fingerprint density at radius 2 is 1.92 bits per heavy atom. The van der Waals surface area contributed by atoms with Crippen LogP contribution >= 0.6 is 0 Å². The molecule has 0 bridgehead atoms. The Balaban J connectivity index is 1.50. The number of carbonyl (C=O) groups excluding carboxylic acids is 1. The van der Waals surface area contributed by atoms with Gasteiger partial charge in [-0.05, 0) is 36.2 Å². The number of carbonyl (C=O) groups is 1. The van der Waals surface area contributed by atoms with Gasteiger partial charge in [0.05, 0.1) is 17.0 Å². The lowest BCUT2D eigenvalue weighted by atomic mass is 9.95. The third-order valence-electron chi connectivity index (χ3n) is 4.51. The van der Waals surface area contributed by atoms with Crippen LogP contribution in [0.4, 0.5) is 5.69 Å². The normalized spacial score (nSPS) is 19.0. The molecule has 0 spiro atoms. The smallest absolute Gasteiger partial charge is 0.323 e. The van der Waals surface area contributed by atoms with Gasteiger partial charge in [0.1, 0.15) is 0 Å². The van der Waals surface area contributed by atoms with Crippen molar-refractivity contribution in [3.8, 4) is 0 Å². The fraction of sp³-hybridized carbons (Fsp3) is 0.222. The van der Waals surface area contributed by atoms with E-state index in [9.17, 15) is 9.59 Å². The summed E-state index contributed by atoms with van der Waals surface area (Å²) in [5.41, 5.74) is 4.28. The zero-order valence-electron chi connectivity index (χ0n) is 13.2. The number of benzene rings is 2. The topological polar surface area (TPSA) is 89.8 Å². The van der Waals surface area contributed by atoms with E-state index in [1.165, 1.54) is 0 Å². The number of aromatic amines is 2. The average molecular weight is 322 g/mol. The molecular formula is C18H18N4O2. The summed E-state index contributed by atoms with van der Waals surface area (Å²) in [4.78, 5) is 29.4. The molecule has 0 aliphatic carbocycles. The van der Waals surface area contributed by atoms with Crippen molar-refractivity contribution in [1.82, 2.24) is 15.3 Å². The molecule has 4 N–H and O–H groups in total. The minimum Gasteiger partial charge on any atom is -0.381 e. The lowest BCUT2D eigenvalue weighted by Crippen LogP contribution is -2.33. The largest absolute Gasteiger partial charge is 0.381 e. The van der Waals surface area contributed by atoms with Crippen molar-refractivity contribution < 1.29 is 4.79 Å². The van der Waals surface area contributed by atoms with Gasteiger partial charge >= 0.3 is 5.69 Å². The highest BCUT2D eigenvalue weighted by atomic mass is 16.2. The molecule has 6 heteroatoms. The van der Waals surface area contributed by atoms with Crippen LogP contribution in [0.1, 0.15) is 24.0 Å². The highest BCUT2D eigenvalue weighted by Crippen LogP contribution is 2.35. The van der Waals surface area contributed by atoms with Crippen LogP contribution in [0, 0.1) is 0 Å². The number of para-hydroxylation sites is 1. The van der Waals surface area contributed by atoms with Gasteiger partial charge in [0.2, 0.25) is 5.91 Å². The van der Waals surface area contributed by atoms with Gasteiger partial charge in [-0.3, -0.25) is 4.79 Å². The monoisotopic (exact) mass is 322 g/mol. The predicted octanol–water partition coefficient (Wildman–Crippen LogP) is 2.07. The van der Waals surface area contributed by atoms with Crippen molar-refractivity contribution in [2.24, 2.45) is 0 Å². The summed E-state index contributed by atoms with van der Waals surface area (Å²) < 4.78 is 0. The molecule has 2 aromatic carbocycles. The summed E-state index contributed by atoms with van der Waals surface area (Å²) in [6, 6.07) is 13.6. The Hall–Kier alpha value is -3.02. The first-order valence-corrected chi connectivity index (χ1v) is 7.96. The molecule has 4 rings (SSSR count). The molecule has 2 unspecified atom stereocenters. The second-order valence-electron chi connectivity index (χ2n) is 6.17. The highest BCUT2D eigenvalue weighted by Gasteiger charge is 2.34. The molecule has 1 amide bonds. The Bertz CT molecular complexity index is 972. The number of anilines is 1. The molecule has 122 valence electrons. The van der Waals surface area contributed by atoms with Crippen molar-refractivity contribution in [2.75, 3.05) is 5.32 Å². The van der Waals surface area contributed by atoms with Crippen molar-refractivity contribution >= 4 is 22.6 Å². The van der Waals surface area contributed by atoms with E-state index in [1.807, 2.05) is 49.4 Å². The van der Waals surface area contributed by atoms with Gasteiger partial charge in [-0.1, -0.05) is 24.3 Å². The van der Waals surface area contributed by atoms with Crippen LogP contribution in [-0.2, 0) is 11.3 Å². The van der Waals surface area contributed by atoms with Gasteiger partial charge in [-0.25, -0.2) is 4.79 Å². The summed E-state index contributed by atoms with van der Waals surface area (Å²) in [5.74, 6) is -0.195. The van der Waals surface area contributed by atoms with Crippen molar-refractivity contribution in [3.63, 3.8) is 0 Å². The van der Waals surface area contributed by atoms with E-state index in [2.05, 4.69) is 20.6 Å². The number of imidazole rings is 1. The molecule has 1 aliphatic heterocycles. The zero-order chi connectivity index (χ0) is 16.7. The van der Waals surface area contributed by atoms with Gasteiger partial charge in [-0.2, -0.15) is 0 Å².